The van der Waals surface area contributed by atoms with E-state index < -0.39 is 23.6 Å². The molecule has 2 heterocycles. The number of halogens is 5. The Bertz CT molecular complexity index is 1660. The highest BCUT2D eigenvalue weighted by molar-refractivity contribution is 6.41. The first-order valence-corrected chi connectivity index (χ1v) is 11.8. The van der Waals surface area contributed by atoms with E-state index in [-0.39, 0.29) is 55.4 Å². The number of hydrogen-bond acceptors (Lipinski definition) is 8. The second kappa shape index (κ2) is 11.4. The Morgan fingerprint density at radius 2 is 1.73 bits per heavy atom. The van der Waals surface area contributed by atoms with Crippen LogP contribution in [0.1, 0.15) is 0 Å². The van der Waals surface area contributed by atoms with Crippen LogP contribution in [0, 0.1) is 0 Å². The van der Waals surface area contributed by atoms with Gasteiger partial charge in [-0.15, -0.1) is 13.2 Å². The number of hydrogen-bond donors (Lipinski definition) is 2. The number of rotatable bonds is 8. The molecular weight excluding hydrogens is 578 g/mol. The van der Waals surface area contributed by atoms with Crippen LogP contribution in [0.15, 0.2) is 64.5 Å². The lowest BCUT2D eigenvalue weighted by atomic mass is 10.1. The predicted molar refractivity (Wildman–Crippen MR) is 144 cm³/mol. The molecular formula is C26H18Cl2F3N3O6. The third-order valence-corrected chi connectivity index (χ3v) is 6.14. The highest BCUT2D eigenvalue weighted by atomic mass is 35.5. The lowest BCUT2D eigenvalue weighted by molar-refractivity contribution is -0.274. The summed E-state index contributed by atoms with van der Waals surface area (Å²) in [6, 6.07) is 7.59. The van der Waals surface area contributed by atoms with Crippen LogP contribution in [0.4, 0.5) is 30.4 Å². The summed E-state index contributed by atoms with van der Waals surface area (Å²) in [4.78, 5) is 29.1. The number of ether oxygens (including phenoxy) is 3. The standard InChI is InChI=1S/C26H18Cl2F3N3O6/c1-4-21(35)34-16-8-13(40-26(29,30)31)5-6-15(16)33-20-10-17-12(11-32-20)7-14(25(36)39-17)22-23(27)18(37-2)9-19(38-3)24(22)28/h4-11H,1H2,2-3H3,(H,32,33)(H,34,35). The van der Waals surface area contributed by atoms with Crippen LogP contribution in [-0.2, 0) is 4.79 Å². The number of carbonyl (C=O) groups excluding carboxylic acids is 1. The third kappa shape index (κ3) is 6.08. The van der Waals surface area contributed by atoms with Crippen molar-refractivity contribution in [2.24, 2.45) is 0 Å². The topological polar surface area (TPSA) is 112 Å². The van der Waals surface area contributed by atoms with Crippen LogP contribution in [0.3, 0.4) is 0 Å². The van der Waals surface area contributed by atoms with E-state index in [1.54, 1.807) is 0 Å². The highest BCUT2D eigenvalue weighted by Crippen LogP contribution is 2.45. The van der Waals surface area contributed by atoms with E-state index in [0.29, 0.717) is 5.39 Å². The first-order chi connectivity index (χ1) is 18.9. The van der Waals surface area contributed by atoms with Crippen LogP contribution in [-0.4, -0.2) is 31.5 Å². The molecule has 2 N–H and O–H groups in total. The van der Waals surface area contributed by atoms with Crippen molar-refractivity contribution in [3.05, 3.63) is 75.7 Å². The average molecular weight is 596 g/mol. The molecule has 0 aliphatic rings. The van der Waals surface area contributed by atoms with Gasteiger partial charge >= 0.3 is 12.0 Å². The molecule has 0 spiro atoms. The average Bonchev–Trinajstić information content (AvgIpc) is 2.89. The largest absolute Gasteiger partial charge is 0.573 e. The molecule has 208 valence electrons. The van der Waals surface area contributed by atoms with Crippen molar-refractivity contribution in [3.63, 3.8) is 0 Å². The lowest BCUT2D eigenvalue weighted by Crippen LogP contribution is -2.17. The van der Waals surface area contributed by atoms with E-state index >= 15 is 0 Å². The molecule has 0 radical (unpaired) electrons. The quantitative estimate of drug-likeness (QED) is 0.210. The van der Waals surface area contributed by atoms with E-state index in [1.807, 2.05) is 0 Å². The van der Waals surface area contributed by atoms with Gasteiger partial charge in [0.2, 0.25) is 5.91 Å². The monoisotopic (exact) mass is 595 g/mol. The fourth-order valence-corrected chi connectivity index (χ4v) is 4.34. The lowest BCUT2D eigenvalue weighted by Gasteiger charge is -2.15. The molecule has 9 nitrogen and oxygen atoms in total. The molecule has 0 unspecified atom stereocenters. The fourth-order valence-electron chi connectivity index (χ4n) is 3.63. The van der Waals surface area contributed by atoms with Crippen LogP contribution in [0.25, 0.3) is 22.1 Å². The van der Waals surface area contributed by atoms with Gasteiger partial charge in [0.25, 0.3) is 0 Å². The number of benzene rings is 2. The minimum Gasteiger partial charge on any atom is -0.495 e. The number of nitrogens with zero attached hydrogens (tertiary/aromatic N) is 1. The Morgan fingerprint density at radius 1 is 1.05 bits per heavy atom. The smallest absolute Gasteiger partial charge is 0.495 e. The molecule has 2 aromatic carbocycles. The van der Waals surface area contributed by atoms with Gasteiger partial charge in [-0.2, -0.15) is 0 Å². The van der Waals surface area contributed by atoms with E-state index in [1.165, 1.54) is 44.7 Å². The summed E-state index contributed by atoms with van der Waals surface area (Å²) in [5, 5.41) is 5.79. The summed E-state index contributed by atoms with van der Waals surface area (Å²) < 4.78 is 58.0. The third-order valence-electron chi connectivity index (χ3n) is 5.39. The SMILES string of the molecule is C=CC(=O)Nc1cc(OC(F)(F)F)ccc1Nc1cc2oc(=O)c(-c3c(Cl)c(OC)cc(OC)c3Cl)cc2cn1. The molecule has 1 amide bonds. The molecule has 0 aliphatic heterocycles. The van der Waals surface area contributed by atoms with Gasteiger partial charge in [0.15, 0.2) is 0 Å². The zero-order valence-electron chi connectivity index (χ0n) is 20.6. The van der Waals surface area contributed by atoms with Gasteiger partial charge < -0.3 is 29.3 Å². The number of anilines is 3. The van der Waals surface area contributed by atoms with Crippen molar-refractivity contribution in [1.29, 1.82) is 0 Å². The Labute approximate surface area is 234 Å². The van der Waals surface area contributed by atoms with Crippen LogP contribution < -0.4 is 30.5 Å². The van der Waals surface area contributed by atoms with E-state index in [2.05, 4.69) is 26.9 Å². The molecule has 0 bridgehead atoms. The van der Waals surface area contributed by atoms with Gasteiger partial charge in [-0.1, -0.05) is 29.8 Å². The Balaban J connectivity index is 1.74. The number of aromatic nitrogens is 1. The van der Waals surface area contributed by atoms with Crippen molar-refractivity contribution < 1.29 is 36.6 Å². The first kappa shape index (κ1) is 28.6. The molecule has 0 saturated heterocycles. The number of fused-ring (bicyclic) bond motifs is 1. The maximum Gasteiger partial charge on any atom is 0.573 e. The van der Waals surface area contributed by atoms with E-state index in [9.17, 15) is 22.8 Å². The van der Waals surface area contributed by atoms with Crippen molar-refractivity contribution in [2.75, 3.05) is 24.9 Å². The summed E-state index contributed by atoms with van der Waals surface area (Å²) in [7, 11) is 2.79. The van der Waals surface area contributed by atoms with Crippen molar-refractivity contribution >= 4 is 57.3 Å². The molecule has 40 heavy (non-hydrogen) atoms. The van der Waals surface area contributed by atoms with Gasteiger partial charge in [0.1, 0.15) is 28.6 Å². The summed E-state index contributed by atoms with van der Waals surface area (Å²) in [6.07, 6.45) is -2.61. The van der Waals surface area contributed by atoms with Gasteiger partial charge in [-0.05, 0) is 24.3 Å². The number of methoxy groups -OCH3 is 2. The summed E-state index contributed by atoms with van der Waals surface area (Å²) in [6.45, 7) is 3.33. The van der Waals surface area contributed by atoms with E-state index in [4.69, 9.17) is 37.1 Å². The molecule has 4 rings (SSSR count). The molecule has 0 atom stereocenters. The number of pyridine rings is 1. The van der Waals surface area contributed by atoms with Gasteiger partial charge in [-0.3, -0.25) is 4.79 Å². The first-order valence-electron chi connectivity index (χ1n) is 11.1. The second-order valence-electron chi connectivity index (χ2n) is 7.91. The summed E-state index contributed by atoms with van der Waals surface area (Å²) in [5.41, 5.74) is -0.393. The molecule has 14 heteroatoms. The summed E-state index contributed by atoms with van der Waals surface area (Å²) in [5.74, 6) is -0.652. The fraction of sp³-hybridized carbons (Fsp3) is 0.115. The van der Waals surface area contributed by atoms with Crippen molar-refractivity contribution in [2.45, 2.75) is 6.36 Å². The van der Waals surface area contributed by atoms with Crippen molar-refractivity contribution in [1.82, 2.24) is 4.98 Å². The number of alkyl halides is 3. The van der Waals surface area contributed by atoms with Crippen LogP contribution in [0.5, 0.6) is 17.2 Å². The minimum absolute atomic E-state index is 0.0249. The molecule has 0 saturated carbocycles. The number of amides is 1. The maximum atomic E-state index is 13.0. The van der Waals surface area contributed by atoms with Gasteiger partial charge in [0.05, 0.1) is 41.2 Å². The number of nitrogens with one attached hydrogen (secondary N) is 2. The zero-order valence-corrected chi connectivity index (χ0v) is 22.1. The maximum absolute atomic E-state index is 13.0. The summed E-state index contributed by atoms with van der Waals surface area (Å²) >= 11 is 12.9. The normalized spacial score (nSPS) is 11.2. The number of carbonyl (C=O) groups is 1. The van der Waals surface area contributed by atoms with Crippen LogP contribution in [0.2, 0.25) is 10.0 Å². The molecule has 0 aliphatic carbocycles. The molecule has 2 aromatic heterocycles. The van der Waals surface area contributed by atoms with Gasteiger partial charge in [0, 0.05) is 35.3 Å². The predicted octanol–water partition coefficient (Wildman–Crippen LogP) is 6.95. The van der Waals surface area contributed by atoms with E-state index in [0.717, 1.165) is 18.2 Å². The Morgan fingerprint density at radius 3 is 2.33 bits per heavy atom. The van der Waals surface area contributed by atoms with Gasteiger partial charge in [-0.25, -0.2) is 9.78 Å². The van der Waals surface area contributed by atoms with Crippen LogP contribution >= 0.6 is 23.2 Å². The molecule has 0 fully saturated rings. The van der Waals surface area contributed by atoms with Crippen molar-refractivity contribution in [3.8, 4) is 28.4 Å². The zero-order chi connectivity index (χ0) is 29.2. The second-order valence-corrected chi connectivity index (χ2v) is 8.67. The Hall–Kier alpha value is -4.42. The minimum atomic E-state index is -4.94. The highest BCUT2D eigenvalue weighted by Gasteiger charge is 2.31. The Kier molecular flexibility index (Phi) is 8.12. The molecule has 4 aromatic rings.